The zero-order chi connectivity index (χ0) is 22.5. The van der Waals surface area contributed by atoms with E-state index in [1.165, 1.54) is 30.0 Å². The maximum absolute atomic E-state index is 12.4. The third-order valence-electron chi connectivity index (χ3n) is 4.53. The molecule has 0 aliphatic heterocycles. The Hall–Kier alpha value is -4.05. The predicted molar refractivity (Wildman–Crippen MR) is 123 cm³/mol. The van der Waals surface area contributed by atoms with E-state index in [9.17, 15) is 14.9 Å². The van der Waals surface area contributed by atoms with Crippen LogP contribution < -0.4 is 5.32 Å². The second kappa shape index (κ2) is 9.40. The minimum atomic E-state index is -0.509. The van der Waals surface area contributed by atoms with E-state index >= 15 is 0 Å². The van der Waals surface area contributed by atoms with Crippen molar-refractivity contribution in [3.05, 3.63) is 83.4 Å². The highest BCUT2D eigenvalue weighted by molar-refractivity contribution is 7.99. The quantitative estimate of drug-likeness (QED) is 0.185. The number of carbonyl (C=O) groups is 1. The summed E-state index contributed by atoms with van der Waals surface area (Å²) < 4.78 is 1.84. The lowest BCUT2D eigenvalue weighted by atomic mass is 10.2. The molecule has 4 rings (SSSR count). The van der Waals surface area contributed by atoms with Crippen molar-refractivity contribution in [3.63, 3.8) is 0 Å². The van der Waals surface area contributed by atoms with Crippen LogP contribution in [0.1, 0.15) is 0 Å². The smallest absolute Gasteiger partial charge is 0.271 e. The van der Waals surface area contributed by atoms with E-state index in [1.54, 1.807) is 12.1 Å². The van der Waals surface area contributed by atoms with Crippen LogP contribution in [0.15, 0.2) is 78.5 Å². The second-order valence-corrected chi connectivity index (χ2v) is 7.68. The van der Waals surface area contributed by atoms with Crippen LogP contribution >= 0.6 is 11.8 Å². The molecule has 2 aromatic carbocycles. The molecule has 0 unspecified atom stereocenters. The summed E-state index contributed by atoms with van der Waals surface area (Å²) in [5.74, 6) is 0.328. The number of hydrogen-bond acceptors (Lipinski definition) is 7. The molecule has 0 spiro atoms. The Balaban J connectivity index is 1.51. The van der Waals surface area contributed by atoms with Crippen molar-refractivity contribution >= 4 is 39.9 Å². The van der Waals surface area contributed by atoms with Gasteiger partial charge in [0.25, 0.3) is 5.69 Å². The number of amides is 1. The van der Waals surface area contributed by atoms with Crippen LogP contribution in [0.3, 0.4) is 0 Å². The summed E-state index contributed by atoms with van der Waals surface area (Å²) in [6.45, 7) is 4.24. The number of non-ortho nitro benzene ring substituents is 1. The highest BCUT2D eigenvalue weighted by Gasteiger charge is 2.17. The first-order valence-electron chi connectivity index (χ1n) is 9.62. The first-order valence-corrected chi connectivity index (χ1v) is 10.6. The molecule has 0 saturated carbocycles. The van der Waals surface area contributed by atoms with Gasteiger partial charge >= 0.3 is 0 Å². The number of nitro benzene ring substituents is 1. The normalized spacial score (nSPS) is 10.8. The van der Waals surface area contributed by atoms with Crippen LogP contribution in [-0.4, -0.2) is 36.3 Å². The Morgan fingerprint density at radius 1 is 1.16 bits per heavy atom. The Morgan fingerprint density at radius 3 is 2.81 bits per heavy atom. The number of nitrogens with zero attached hydrogens (tertiary/aromatic N) is 5. The van der Waals surface area contributed by atoms with Crippen molar-refractivity contribution in [2.45, 2.75) is 11.7 Å². The molecule has 160 valence electrons. The van der Waals surface area contributed by atoms with Gasteiger partial charge in [-0.2, -0.15) is 0 Å². The molecular weight excluding hydrogens is 428 g/mol. The molecule has 1 N–H and O–H groups in total. The summed E-state index contributed by atoms with van der Waals surface area (Å²) in [7, 11) is 0. The number of fused-ring (bicyclic) bond motifs is 1. The first-order chi connectivity index (χ1) is 15.5. The lowest BCUT2D eigenvalue weighted by Crippen LogP contribution is -2.14. The van der Waals surface area contributed by atoms with Crippen LogP contribution in [-0.2, 0) is 11.3 Å². The summed E-state index contributed by atoms with van der Waals surface area (Å²) in [6.07, 6.45) is 1.72. The van der Waals surface area contributed by atoms with E-state index < -0.39 is 4.92 Å². The number of rotatable bonds is 8. The number of nitrogens with one attached hydrogen (secondary N) is 1. The van der Waals surface area contributed by atoms with E-state index in [-0.39, 0.29) is 17.3 Å². The standard InChI is InChI=1S/C22H18N6O3S/c1-2-12-27-21(19-11-10-15-6-3-4-9-18(15)24-19)25-26-22(27)32-14-20(29)23-16-7-5-8-17(13-16)28(30)31/h2-11,13H,1,12,14H2,(H,23,29). The van der Waals surface area contributed by atoms with Crippen LogP contribution in [0.25, 0.3) is 22.4 Å². The molecule has 0 bridgehead atoms. The average molecular weight is 446 g/mol. The van der Waals surface area contributed by atoms with Crippen LogP contribution in [0, 0.1) is 10.1 Å². The molecule has 0 aliphatic rings. The average Bonchev–Trinajstić information content (AvgIpc) is 3.20. The SMILES string of the molecule is C=CCn1c(SCC(=O)Nc2cccc([N+](=O)[O-])c2)nnc1-c1ccc2ccccc2n1. The summed E-state index contributed by atoms with van der Waals surface area (Å²) in [5.41, 5.74) is 1.79. The maximum atomic E-state index is 12.4. The number of aromatic nitrogens is 4. The van der Waals surface area contributed by atoms with Crippen molar-refractivity contribution in [3.8, 4) is 11.5 Å². The van der Waals surface area contributed by atoms with Crippen molar-refractivity contribution in [1.82, 2.24) is 19.7 Å². The number of nitro groups is 1. The summed E-state index contributed by atoms with van der Waals surface area (Å²) in [5, 5.41) is 23.6. The van der Waals surface area contributed by atoms with Crippen LogP contribution in [0.5, 0.6) is 0 Å². The second-order valence-electron chi connectivity index (χ2n) is 6.74. The predicted octanol–water partition coefficient (Wildman–Crippen LogP) is 4.32. The number of pyridine rings is 1. The zero-order valence-electron chi connectivity index (χ0n) is 16.8. The van der Waals surface area contributed by atoms with E-state index in [0.717, 1.165) is 10.9 Å². The number of benzene rings is 2. The van der Waals surface area contributed by atoms with Crippen molar-refractivity contribution in [2.75, 3.05) is 11.1 Å². The third-order valence-corrected chi connectivity index (χ3v) is 5.50. The van der Waals surface area contributed by atoms with Gasteiger partial charge in [-0.15, -0.1) is 16.8 Å². The number of allylic oxidation sites excluding steroid dienone is 1. The van der Waals surface area contributed by atoms with Crippen LogP contribution in [0.2, 0.25) is 0 Å². The fourth-order valence-corrected chi connectivity index (χ4v) is 3.84. The Kier molecular flexibility index (Phi) is 6.22. The van der Waals surface area contributed by atoms with Crippen molar-refractivity contribution < 1.29 is 9.72 Å². The van der Waals surface area contributed by atoms with Gasteiger partial charge in [0, 0.05) is 29.8 Å². The molecule has 9 nitrogen and oxygen atoms in total. The number of thioether (sulfide) groups is 1. The molecule has 2 heterocycles. The Bertz CT molecular complexity index is 1320. The summed E-state index contributed by atoms with van der Waals surface area (Å²) in [6, 6.07) is 17.5. The molecule has 0 saturated heterocycles. The van der Waals surface area contributed by atoms with Crippen molar-refractivity contribution in [1.29, 1.82) is 0 Å². The molecule has 0 fully saturated rings. The molecule has 10 heteroatoms. The van der Waals surface area contributed by atoms with Gasteiger partial charge in [0.15, 0.2) is 11.0 Å². The van der Waals surface area contributed by atoms with Gasteiger partial charge in [-0.3, -0.25) is 19.5 Å². The number of para-hydroxylation sites is 1. The lowest BCUT2D eigenvalue weighted by Gasteiger charge is -2.08. The third kappa shape index (κ3) is 4.65. The molecule has 32 heavy (non-hydrogen) atoms. The fourth-order valence-electron chi connectivity index (χ4n) is 3.09. The van der Waals surface area contributed by atoms with E-state index in [1.807, 2.05) is 41.0 Å². The van der Waals surface area contributed by atoms with Crippen molar-refractivity contribution in [2.24, 2.45) is 0 Å². The van der Waals surface area contributed by atoms with Gasteiger partial charge in [-0.25, -0.2) is 4.98 Å². The Morgan fingerprint density at radius 2 is 2.00 bits per heavy atom. The molecule has 0 atom stereocenters. The number of hydrogen-bond donors (Lipinski definition) is 1. The molecule has 0 aliphatic carbocycles. The minimum absolute atomic E-state index is 0.0586. The molecular formula is C22H18N6O3S. The van der Waals surface area contributed by atoms with Gasteiger partial charge in [0.05, 0.1) is 16.2 Å². The van der Waals surface area contributed by atoms with Gasteiger partial charge in [-0.1, -0.05) is 48.2 Å². The summed E-state index contributed by atoms with van der Waals surface area (Å²) >= 11 is 1.21. The van der Waals surface area contributed by atoms with Gasteiger partial charge in [-0.05, 0) is 18.2 Å². The number of anilines is 1. The topological polar surface area (TPSA) is 116 Å². The highest BCUT2D eigenvalue weighted by atomic mass is 32.2. The molecule has 2 aromatic heterocycles. The van der Waals surface area contributed by atoms with Gasteiger partial charge in [0.1, 0.15) is 5.69 Å². The van der Waals surface area contributed by atoms with Gasteiger partial charge < -0.3 is 5.32 Å². The van der Waals surface area contributed by atoms with E-state index in [2.05, 4.69) is 27.1 Å². The molecule has 4 aromatic rings. The Labute approximate surface area is 187 Å². The molecule has 0 radical (unpaired) electrons. The largest absolute Gasteiger partial charge is 0.325 e. The summed E-state index contributed by atoms with van der Waals surface area (Å²) in [4.78, 5) is 27.4. The lowest BCUT2D eigenvalue weighted by molar-refractivity contribution is -0.384. The first kappa shape index (κ1) is 21.2. The minimum Gasteiger partial charge on any atom is -0.325 e. The zero-order valence-corrected chi connectivity index (χ0v) is 17.7. The maximum Gasteiger partial charge on any atom is 0.271 e. The monoisotopic (exact) mass is 446 g/mol. The van der Waals surface area contributed by atoms with Crippen LogP contribution in [0.4, 0.5) is 11.4 Å². The highest BCUT2D eigenvalue weighted by Crippen LogP contribution is 2.25. The van der Waals surface area contributed by atoms with E-state index in [4.69, 9.17) is 0 Å². The van der Waals surface area contributed by atoms with E-state index in [0.29, 0.717) is 28.9 Å². The molecule has 1 amide bonds. The number of carbonyl (C=O) groups excluding carboxylic acids is 1. The van der Waals surface area contributed by atoms with Gasteiger partial charge in [0.2, 0.25) is 5.91 Å². The fraction of sp³-hybridized carbons (Fsp3) is 0.0909.